The number of piperazine rings is 1. The monoisotopic (exact) mass is 298 g/mol. The SMILES string of the molecule is C=C(F)C(F)(N1CCN(C(F)(F)F)CC1)C(F)(F)F. The third-order valence-corrected chi connectivity index (χ3v) is 2.81. The fraction of sp³-hybridized carbons (Fsp3) is 0.778. The van der Waals surface area contributed by atoms with Crippen LogP contribution >= 0.6 is 0 Å². The fourth-order valence-electron chi connectivity index (χ4n) is 1.77. The smallest absolute Gasteiger partial charge is 0.255 e. The molecule has 1 aliphatic heterocycles. The van der Waals surface area contributed by atoms with Gasteiger partial charge in [0.1, 0.15) is 0 Å². The van der Waals surface area contributed by atoms with Crippen LogP contribution in [0.1, 0.15) is 0 Å². The zero-order valence-corrected chi connectivity index (χ0v) is 9.45. The number of alkyl halides is 7. The molecule has 0 aliphatic carbocycles. The Bertz CT molecular complexity index is 341. The van der Waals surface area contributed by atoms with Gasteiger partial charge in [-0.1, -0.05) is 6.58 Å². The molecule has 1 unspecified atom stereocenters. The molecular formula is C9H10F8N2. The first-order valence-corrected chi connectivity index (χ1v) is 5.08. The largest absolute Gasteiger partial charge is 0.460 e. The quantitative estimate of drug-likeness (QED) is 0.571. The predicted octanol–water partition coefficient (Wildman–Crippen LogP) is 2.84. The van der Waals surface area contributed by atoms with Crippen LogP contribution in [0.4, 0.5) is 35.1 Å². The van der Waals surface area contributed by atoms with E-state index in [4.69, 9.17) is 0 Å². The predicted molar refractivity (Wildman–Crippen MR) is 49.3 cm³/mol. The third-order valence-electron chi connectivity index (χ3n) is 2.81. The van der Waals surface area contributed by atoms with Gasteiger partial charge in [-0.2, -0.15) is 26.3 Å². The van der Waals surface area contributed by atoms with Crippen molar-refractivity contribution in [2.75, 3.05) is 26.2 Å². The first-order valence-electron chi connectivity index (χ1n) is 5.08. The van der Waals surface area contributed by atoms with Crippen molar-refractivity contribution < 1.29 is 35.1 Å². The summed E-state index contributed by atoms with van der Waals surface area (Å²) in [4.78, 5) is -0.0984. The van der Waals surface area contributed by atoms with Crippen molar-refractivity contribution in [3.05, 3.63) is 12.4 Å². The van der Waals surface area contributed by atoms with Crippen molar-refractivity contribution in [2.24, 2.45) is 0 Å². The molecule has 1 aliphatic rings. The Hall–Kier alpha value is -0.900. The average molecular weight is 298 g/mol. The fourth-order valence-corrected chi connectivity index (χ4v) is 1.77. The normalized spacial score (nSPS) is 23.2. The average Bonchev–Trinajstić information content (AvgIpc) is 2.25. The number of halogens is 8. The summed E-state index contributed by atoms with van der Waals surface area (Å²) < 4.78 is 101. The Balaban J connectivity index is 2.86. The molecule has 1 saturated heterocycles. The molecule has 2 nitrogen and oxygen atoms in total. The van der Waals surface area contributed by atoms with Crippen molar-refractivity contribution >= 4 is 0 Å². The van der Waals surface area contributed by atoms with E-state index in [0.29, 0.717) is 0 Å². The summed E-state index contributed by atoms with van der Waals surface area (Å²) in [6.45, 7) is -1.29. The molecule has 1 fully saturated rings. The Morgan fingerprint density at radius 3 is 1.42 bits per heavy atom. The third kappa shape index (κ3) is 2.99. The van der Waals surface area contributed by atoms with Gasteiger partial charge in [-0.15, -0.1) is 0 Å². The lowest BCUT2D eigenvalue weighted by Gasteiger charge is -2.42. The minimum absolute atomic E-state index is 0.0302. The van der Waals surface area contributed by atoms with Crippen LogP contribution in [0.3, 0.4) is 0 Å². The molecule has 19 heavy (non-hydrogen) atoms. The van der Waals surface area contributed by atoms with E-state index in [0.717, 1.165) is 0 Å². The maximum atomic E-state index is 13.8. The van der Waals surface area contributed by atoms with Gasteiger partial charge in [-0.25, -0.2) is 13.7 Å². The molecule has 112 valence electrons. The van der Waals surface area contributed by atoms with Crippen molar-refractivity contribution in [2.45, 2.75) is 18.3 Å². The van der Waals surface area contributed by atoms with E-state index in [1.807, 2.05) is 0 Å². The zero-order valence-electron chi connectivity index (χ0n) is 9.45. The molecule has 0 bridgehead atoms. The van der Waals surface area contributed by atoms with Crippen molar-refractivity contribution in [3.8, 4) is 0 Å². The standard InChI is InChI=1S/C9H10F8N2/c1-6(10)7(11,8(12,13)14)18-2-4-19(5-3-18)9(15,16)17/h1-5H2. The number of hydrogen-bond donors (Lipinski definition) is 0. The molecule has 0 aromatic heterocycles. The number of rotatable bonds is 2. The maximum Gasteiger partial charge on any atom is 0.460 e. The van der Waals surface area contributed by atoms with Crippen LogP contribution in [0.2, 0.25) is 0 Å². The highest BCUT2D eigenvalue weighted by Crippen LogP contribution is 2.43. The van der Waals surface area contributed by atoms with Crippen molar-refractivity contribution in [3.63, 3.8) is 0 Å². The first-order chi connectivity index (χ1) is 8.40. The van der Waals surface area contributed by atoms with E-state index < -0.39 is 50.3 Å². The van der Waals surface area contributed by atoms with E-state index >= 15 is 0 Å². The Morgan fingerprint density at radius 2 is 1.16 bits per heavy atom. The van der Waals surface area contributed by atoms with Crippen LogP contribution in [-0.2, 0) is 0 Å². The minimum atomic E-state index is -5.61. The Labute approximate surface area is 103 Å². The molecule has 10 heteroatoms. The Morgan fingerprint density at radius 1 is 0.789 bits per heavy atom. The van der Waals surface area contributed by atoms with Crippen LogP contribution < -0.4 is 0 Å². The van der Waals surface area contributed by atoms with Crippen LogP contribution in [0.5, 0.6) is 0 Å². The molecule has 0 aromatic rings. The van der Waals surface area contributed by atoms with Gasteiger partial charge >= 0.3 is 18.3 Å². The second-order valence-electron chi connectivity index (χ2n) is 3.97. The lowest BCUT2D eigenvalue weighted by atomic mass is 10.1. The summed E-state index contributed by atoms with van der Waals surface area (Å²) in [6.07, 6.45) is -10.3. The van der Waals surface area contributed by atoms with E-state index in [1.54, 1.807) is 0 Å². The van der Waals surface area contributed by atoms with Gasteiger partial charge in [0.25, 0.3) is 0 Å². The van der Waals surface area contributed by atoms with Gasteiger partial charge in [-0.3, -0.25) is 4.90 Å². The van der Waals surface area contributed by atoms with Gasteiger partial charge in [0.05, 0.1) is 0 Å². The lowest BCUT2D eigenvalue weighted by Crippen LogP contribution is -2.63. The summed E-state index contributed by atoms with van der Waals surface area (Å²) in [7, 11) is 0. The zero-order chi connectivity index (χ0) is 15.1. The first kappa shape index (κ1) is 16.2. The van der Waals surface area contributed by atoms with E-state index in [9.17, 15) is 35.1 Å². The summed E-state index contributed by atoms with van der Waals surface area (Å²) in [5.74, 6) is -6.74. The van der Waals surface area contributed by atoms with Crippen molar-refractivity contribution in [1.82, 2.24) is 9.80 Å². The summed E-state index contributed by atoms with van der Waals surface area (Å²) in [6, 6.07) is 0. The molecule has 0 N–H and O–H groups in total. The molecule has 1 rings (SSSR count). The van der Waals surface area contributed by atoms with Gasteiger partial charge in [0, 0.05) is 26.2 Å². The molecule has 1 atom stereocenters. The summed E-state index contributed by atoms with van der Waals surface area (Å²) >= 11 is 0. The highest BCUT2D eigenvalue weighted by atomic mass is 19.4. The van der Waals surface area contributed by atoms with Gasteiger partial charge in [0.2, 0.25) is 0 Å². The highest BCUT2D eigenvalue weighted by molar-refractivity contribution is 5.09. The van der Waals surface area contributed by atoms with Crippen LogP contribution in [0.15, 0.2) is 12.4 Å². The van der Waals surface area contributed by atoms with Gasteiger partial charge < -0.3 is 0 Å². The van der Waals surface area contributed by atoms with Crippen LogP contribution in [-0.4, -0.2) is 54.2 Å². The number of nitrogens with zero attached hydrogens (tertiary/aromatic N) is 2. The maximum absolute atomic E-state index is 13.8. The van der Waals surface area contributed by atoms with Crippen LogP contribution in [0.25, 0.3) is 0 Å². The highest BCUT2D eigenvalue weighted by Gasteiger charge is 2.63. The molecule has 0 saturated carbocycles. The lowest BCUT2D eigenvalue weighted by molar-refractivity contribution is -0.292. The molecule has 0 spiro atoms. The topological polar surface area (TPSA) is 6.48 Å². The summed E-state index contributed by atoms with van der Waals surface area (Å²) in [5, 5.41) is 0. The van der Waals surface area contributed by atoms with Crippen molar-refractivity contribution in [1.29, 1.82) is 0 Å². The van der Waals surface area contributed by atoms with Gasteiger partial charge in [0.15, 0.2) is 5.83 Å². The molecule has 0 aromatic carbocycles. The molecule has 0 amide bonds. The second-order valence-corrected chi connectivity index (χ2v) is 3.97. The van der Waals surface area contributed by atoms with E-state index in [2.05, 4.69) is 6.58 Å². The molecule has 1 heterocycles. The molecule has 0 radical (unpaired) electrons. The van der Waals surface area contributed by atoms with Crippen LogP contribution in [0, 0.1) is 0 Å². The summed E-state index contributed by atoms with van der Waals surface area (Å²) in [5.41, 5.74) is 0. The van der Waals surface area contributed by atoms with Gasteiger partial charge in [-0.05, 0) is 0 Å². The van der Waals surface area contributed by atoms with E-state index in [1.165, 1.54) is 0 Å². The van der Waals surface area contributed by atoms with E-state index in [-0.39, 0.29) is 9.80 Å². The minimum Gasteiger partial charge on any atom is -0.255 e. The number of hydrogen-bond acceptors (Lipinski definition) is 2. The Kier molecular flexibility index (Phi) is 4.16. The second kappa shape index (κ2) is 4.89. The molecular weight excluding hydrogens is 288 g/mol.